The van der Waals surface area contributed by atoms with Gasteiger partial charge in [-0.25, -0.2) is 0 Å². The summed E-state index contributed by atoms with van der Waals surface area (Å²) in [5.74, 6) is 0.547. The van der Waals surface area contributed by atoms with Crippen LogP contribution in [0.4, 0.5) is 13.2 Å². The number of ether oxygens (including phenoxy) is 2. The second-order valence-electron chi connectivity index (χ2n) is 6.44. The van der Waals surface area contributed by atoms with Crippen molar-refractivity contribution in [3.8, 4) is 22.8 Å². The van der Waals surface area contributed by atoms with E-state index >= 15 is 0 Å². The molecule has 3 rings (SSSR count). The van der Waals surface area contributed by atoms with Crippen LogP contribution < -0.4 is 15.2 Å². The van der Waals surface area contributed by atoms with Gasteiger partial charge in [0.25, 0.3) is 0 Å². The highest BCUT2D eigenvalue weighted by molar-refractivity contribution is 5.91. The van der Waals surface area contributed by atoms with Crippen LogP contribution >= 0.6 is 0 Å². The Hall–Kier alpha value is -2.67. The summed E-state index contributed by atoms with van der Waals surface area (Å²) in [5.41, 5.74) is 9.16. The van der Waals surface area contributed by atoms with Crippen LogP contribution in [0.5, 0.6) is 11.5 Å². The highest BCUT2D eigenvalue weighted by atomic mass is 19.4. The van der Waals surface area contributed by atoms with E-state index in [0.29, 0.717) is 19.6 Å². The van der Waals surface area contributed by atoms with Crippen LogP contribution in [0.2, 0.25) is 0 Å². The number of nitrogens with one attached hydrogen (secondary N) is 1. The number of alkyl halides is 3. The quantitative estimate of drug-likeness (QED) is 0.504. The SMILES string of the molecule is CCOc1ccc(-c2[nH]c3ccc(OC(F)(F)F)cc3c2CCCCN)cc1. The predicted octanol–water partition coefficient (Wildman–Crippen LogP) is 5.41. The van der Waals surface area contributed by atoms with Gasteiger partial charge in [0.2, 0.25) is 0 Å². The summed E-state index contributed by atoms with van der Waals surface area (Å²) in [6.07, 6.45) is -2.33. The molecule has 0 aliphatic rings. The van der Waals surface area contributed by atoms with E-state index in [1.807, 2.05) is 31.2 Å². The third kappa shape index (κ3) is 4.78. The minimum atomic E-state index is -4.72. The zero-order valence-corrected chi connectivity index (χ0v) is 15.6. The molecule has 4 nitrogen and oxygen atoms in total. The molecule has 2 aromatic carbocycles. The number of fused-ring (bicyclic) bond motifs is 1. The number of benzene rings is 2. The standard InChI is InChI=1S/C21H23F3N2O2/c1-2-27-15-8-6-14(7-9-15)20-17(5-3-4-12-25)18-13-16(28-21(22,23)24)10-11-19(18)26-20/h6-11,13,26H,2-5,12,25H2,1H3. The number of hydrogen-bond acceptors (Lipinski definition) is 3. The predicted molar refractivity (Wildman–Crippen MR) is 104 cm³/mol. The van der Waals surface area contributed by atoms with Gasteiger partial charge in [-0.15, -0.1) is 13.2 Å². The Bertz CT molecular complexity index is 918. The molecular formula is C21H23F3N2O2. The molecule has 150 valence electrons. The Labute approximate surface area is 161 Å². The summed E-state index contributed by atoms with van der Waals surface area (Å²) in [6.45, 7) is 3.07. The first-order chi connectivity index (χ1) is 13.4. The third-order valence-corrected chi connectivity index (χ3v) is 4.45. The van der Waals surface area contributed by atoms with E-state index in [1.165, 1.54) is 12.1 Å². The summed E-state index contributed by atoms with van der Waals surface area (Å²) < 4.78 is 47.4. The summed E-state index contributed by atoms with van der Waals surface area (Å²) in [7, 11) is 0. The van der Waals surface area contributed by atoms with E-state index in [0.717, 1.165) is 46.3 Å². The summed E-state index contributed by atoms with van der Waals surface area (Å²) in [4.78, 5) is 3.34. The summed E-state index contributed by atoms with van der Waals surface area (Å²) >= 11 is 0. The molecule has 0 aliphatic carbocycles. The first-order valence-electron chi connectivity index (χ1n) is 9.25. The molecule has 3 N–H and O–H groups in total. The zero-order valence-electron chi connectivity index (χ0n) is 15.6. The van der Waals surface area contributed by atoms with E-state index in [9.17, 15) is 13.2 Å². The van der Waals surface area contributed by atoms with Crippen molar-refractivity contribution in [2.75, 3.05) is 13.2 Å². The van der Waals surface area contributed by atoms with Crippen LogP contribution in [-0.4, -0.2) is 24.5 Å². The Kier molecular flexibility index (Phi) is 6.14. The lowest BCUT2D eigenvalue weighted by molar-refractivity contribution is -0.274. The van der Waals surface area contributed by atoms with Gasteiger partial charge in [-0.05, 0) is 86.3 Å². The molecule has 1 aromatic heterocycles. The van der Waals surface area contributed by atoms with Gasteiger partial charge in [0.1, 0.15) is 11.5 Å². The Morgan fingerprint density at radius 2 is 1.71 bits per heavy atom. The molecule has 1 heterocycles. The molecule has 7 heteroatoms. The topological polar surface area (TPSA) is 60.3 Å². The Morgan fingerprint density at radius 1 is 1.00 bits per heavy atom. The zero-order chi connectivity index (χ0) is 20.1. The largest absolute Gasteiger partial charge is 0.573 e. The van der Waals surface area contributed by atoms with E-state index in [2.05, 4.69) is 9.72 Å². The maximum Gasteiger partial charge on any atom is 0.573 e. The van der Waals surface area contributed by atoms with Crippen molar-refractivity contribution >= 4 is 10.9 Å². The lowest BCUT2D eigenvalue weighted by Gasteiger charge is -2.09. The van der Waals surface area contributed by atoms with E-state index < -0.39 is 6.36 Å². The van der Waals surface area contributed by atoms with Crippen LogP contribution in [0, 0.1) is 0 Å². The molecule has 0 saturated carbocycles. The molecule has 0 spiro atoms. The third-order valence-electron chi connectivity index (χ3n) is 4.45. The van der Waals surface area contributed by atoms with Crippen molar-refractivity contribution in [3.63, 3.8) is 0 Å². The molecule has 0 unspecified atom stereocenters. The van der Waals surface area contributed by atoms with Gasteiger partial charge in [0, 0.05) is 16.6 Å². The summed E-state index contributed by atoms with van der Waals surface area (Å²) in [6, 6.07) is 12.0. The van der Waals surface area contributed by atoms with Crippen LogP contribution in [-0.2, 0) is 6.42 Å². The van der Waals surface area contributed by atoms with Gasteiger partial charge in [0.05, 0.1) is 6.61 Å². The second-order valence-corrected chi connectivity index (χ2v) is 6.44. The molecule has 0 saturated heterocycles. The Morgan fingerprint density at radius 3 is 2.36 bits per heavy atom. The number of halogens is 3. The van der Waals surface area contributed by atoms with Gasteiger partial charge in [-0.2, -0.15) is 0 Å². The molecule has 0 atom stereocenters. The highest BCUT2D eigenvalue weighted by Crippen LogP contribution is 2.35. The van der Waals surface area contributed by atoms with Crippen molar-refractivity contribution < 1.29 is 22.6 Å². The first-order valence-corrected chi connectivity index (χ1v) is 9.25. The average molecular weight is 392 g/mol. The average Bonchev–Trinajstić information content (AvgIpc) is 3.00. The molecule has 0 aliphatic heterocycles. The van der Waals surface area contributed by atoms with E-state index in [4.69, 9.17) is 10.5 Å². The van der Waals surface area contributed by atoms with Crippen LogP contribution in [0.15, 0.2) is 42.5 Å². The van der Waals surface area contributed by atoms with Gasteiger partial charge < -0.3 is 20.2 Å². The fourth-order valence-electron chi connectivity index (χ4n) is 3.26. The van der Waals surface area contributed by atoms with Crippen molar-refractivity contribution in [2.24, 2.45) is 5.73 Å². The van der Waals surface area contributed by atoms with Gasteiger partial charge in [-0.3, -0.25) is 0 Å². The molecule has 0 bridgehead atoms. The van der Waals surface area contributed by atoms with Crippen molar-refractivity contribution in [1.29, 1.82) is 0 Å². The van der Waals surface area contributed by atoms with Gasteiger partial charge in [-0.1, -0.05) is 0 Å². The highest BCUT2D eigenvalue weighted by Gasteiger charge is 2.31. The first kappa shape index (κ1) is 20.1. The van der Waals surface area contributed by atoms with Crippen LogP contribution in [0.1, 0.15) is 25.3 Å². The fourth-order valence-corrected chi connectivity index (χ4v) is 3.26. The number of H-pyrrole nitrogens is 1. The van der Waals surface area contributed by atoms with Crippen LogP contribution in [0.25, 0.3) is 22.2 Å². The van der Waals surface area contributed by atoms with Gasteiger partial charge >= 0.3 is 6.36 Å². The smallest absolute Gasteiger partial charge is 0.494 e. The van der Waals surface area contributed by atoms with E-state index in [-0.39, 0.29) is 5.75 Å². The maximum absolute atomic E-state index is 12.6. The van der Waals surface area contributed by atoms with Crippen LogP contribution in [0.3, 0.4) is 0 Å². The molecule has 0 amide bonds. The summed E-state index contributed by atoms with van der Waals surface area (Å²) in [5, 5.41) is 0.725. The van der Waals surface area contributed by atoms with Crippen molar-refractivity contribution in [1.82, 2.24) is 4.98 Å². The van der Waals surface area contributed by atoms with Gasteiger partial charge in [0.15, 0.2) is 0 Å². The lowest BCUT2D eigenvalue weighted by atomic mass is 10.00. The second kappa shape index (κ2) is 8.56. The number of nitrogens with two attached hydrogens (primary N) is 1. The van der Waals surface area contributed by atoms with Crippen molar-refractivity contribution in [3.05, 3.63) is 48.0 Å². The minimum Gasteiger partial charge on any atom is -0.494 e. The molecule has 3 aromatic rings. The van der Waals surface area contributed by atoms with E-state index in [1.54, 1.807) is 6.07 Å². The normalized spacial score (nSPS) is 11.8. The Balaban J connectivity index is 2.03. The number of unbranched alkanes of at least 4 members (excludes halogenated alkanes) is 1. The molecular weight excluding hydrogens is 369 g/mol. The number of aromatic amines is 1. The lowest BCUT2D eigenvalue weighted by Crippen LogP contribution is -2.16. The minimum absolute atomic E-state index is 0.225. The number of aryl methyl sites for hydroxylation is 1. The number of hydrogen-bond donors (Lipinski definition) is 2. The monoisotopic (exact) mass is 392 g/mol. The fraction of sp³-hybridized carbons (Fsp3) is 0.333. The van der Waals surface area contributed by atoms with Crippen molar-refractivity contribution in [2.45, 2.75) is 32.5 Å². The molecule has 0 fully saturated rings. The number of aromatic nitrogens is 1. The maximum atomic E-state index is 12.6. The number of rotatable bonds is 8. The molecule has 0 radical (unpaired) electrons. The molecule has 28 heavy (non-hydrogen) atoms.